The Balaban J connectivity index is 1.58. The van der Waals surface area contributed by atoms with E-state index in [1.165, 1.54) is 36.4 Å². The summed E-state index contributed by atoms with van der Waals surface area (Å²) in [5.41, 5.74) is -1.08. The van der Waals surface area contributed by atoms with Crippen LogP contribution < -0.4 is 10.6 Å². The van der Waals surface area contributed by atoms with Crippen molar-refractivity contribution in [1.82, 2.24) is 0 Å². The molecule has 1 aliphatic carbocycles. The van der Waals surface area contributed by atoms with Gasteiger partial charge >= 0.3 is 0 Å². The first-order chi connectivity index (χ1) is 18.2. The molecule has 0 heterocycles. The quantitative estimate of drug-likeness (QED) is 0.214. The number of hydrogen-bond donors (Lipinski definition) is 4. The number of phenols is 2. The number of aromatic hydroxyl groups is 2. The van der Waals surface area contributed by atoms with Crippen LogP contribution in [0.1, 0.15) is 52.6 Å². The molecule has 5 rings (SSSR count). The van der Waals surface area contributed by atoms with Gasteiger partial charge in [0.2, 0.25) is 11.6 Å². The maximum atomic E-state index is 13.6. The van der Waals surface area contributed by atoms with Crippen molar-refractivity contribution in [2.45, 2.75) is 0 Å². The van der Waals surface area contributed by atoms with Crippen molar-refractivity contribution in [3.63, 3.8) is 0 Å². The first-order valence-electron chi connectivity index (χ1n) is 11.1. The Kier molecular flexibility index (Phi) is 6.36. The normalized spacial score (nSPS) is 11.9. The van der Waals surface area contributed by atoms with Gasteiger partial charge < -0.3 is 20.8 Å². The number of carbonyl (C=O) groups excluding carboxylic acids is 4. The summed E-state index contributed by atoms with van der Waals surface area (Å²) >= 11 is 11.9. The van der Waals surface area contributed by atoms with Crippen molar-refractivity contribution >= 4 is 58.0 Å². The van der Waals surface area contributed by atoms with Gasteiger partial charge in [-0.05, 0) is 60.7 Å². The first kappa shape index (κ1) is 25.0. The molecule has 2 amide bonds. The highest BCUT2D eigenvalue weighted by molar-refractivity contribution is 6.35. The molecule has 0 atom stereocenters. The minimum absolute atomic E-state index is 0.0560. The average Bonchev–Trinajstić information content (AvgIpc) is 2.89. The third-order valence-electron chi connectivity index (χ3n) is 5.94. The fourth-order valence-corrected chi connectivity index (χ4v) is 4.60. The van der Waals surface area contributed by atoms with E-state index in [2.05, 4.69) is 10.6 Å². The minimum Gasteiger partial charge on any atom is -0.507 e. The molecule has 0 radical (unpaired) electrons. The van der Waals surface area contributed by atoms with Crippen LogP contribution in [0.2, 0.25) is 10.0 Å². The van der Waals surface area contributed by atoms with Gasteiger partial charge in [0, 0.05) is 21.2 Å². The summed E-state index contributed by atoms with van der Waals surface area (Å²) in [5.74, 6) is -3.91. The molecule has 0 bridgehead atoms. The van der Waals surface area contributed by atoms with E-state index in [9.17, 15) is 29.4 Å². The van der Waals surface area contributed by atoms with Crippen LogP contribution in [0.4, 0.5) is 11.4 Å². The molecule has 0 fully saturated rings. The molecule has 0 unspecified atom stereocenters. The van der Waals surface area contributed by atoms with Crippen molar-refractivity contribution in [1.29, 1.82) is 0 Å². The van der Waals surface area contributed by atoms with E-state index in [0.29, 0.717) is 10.0 Å². The molecule has 4 aromatic rings. The monoisotopic (exact) mass is 546 g/mol. The van der Waals surface area contributed by atoms with Crippen molar-refractivity contribution in [3.05, 3.63) is 116 Å². The summed E-state index contributed by atoms with van der Waals surface area (Å²) in [7, 11) is 0. The van der Waals surface area contributed by atoms with Crippen LogP contribution in [-0.2, 0) is 0 Å². The number of halogens is 2. The summed E-state index contributed by atoms with van der Waals surface area (Å²) < 4.78 is 0. The van der Waals surface area contributed by atoms with Crippen molar-refractivity contribution in [2.75, 3.05) is 10.6 Å². The highest BCUT2D eigenvalue weighted by Gasteiger charge is 2.38. The Bertz CT molecular complexity index is 1570. The standard InChI is InChI=1S/C28H16Cl2N2O6/c29-15-5-1-3-13(11-15)27(37)31-17-7-9-19(33)23-21(17)25(35)24-20(34)10-8-18(22(24)26(23)36)32-28(38)14-4-2-6-16(30)12-14/h1-12,33-34H,(H,31,37)(H,32,38). The third-order valence-corrected chi connectivity index (χ3v) is 6.42. The molecule has 10 heteroatoms. The predicted molar refractivity (Wildman–Crippen MR) is 142 cm³/mol. The number of carbonyl (C=O) groups is 4. The lowest BCUT2D eigenvalue weighted by atomic mass is 9.81. The number of nitrogens with one attached hydrogen (secondary N) is 2. The van der Waals surface area contributed by atoms with Gasteiger partial charge in [-0.15, -0.1) is 0 Å². The topological polar surface area (TPSA) is 133 Å². The lowest BCUT2D eigenvalue weighted by Crippen LogP contribution is -2.26. The minimum atomic E-state index is -0.830. The van der Waals surface area contributed by atoms with E-state index < -0.39 is 34.9 Å². The number of ketones is 2. The lowest BCUT2D eigenvalue weighted by molar-refractivity contribution is 0.0973. The molecule has 0 aromatic heterocycles. The molecule has 4 N–H and O–H groups in total. The third kappa shape index (κ3) is 4.36. The summed E-state index contributed by atoms with van der Waals surface area (Å²) in [5, 5.41) is 26.9. The molecule has 8 nitrogen and oxygen atoms in total. The van der Waals surface area contributed by atoms with E-state index >= 15 is 0 Å². The van der Waals surface area contributed by atoms with Crippen molar-refractivity contribution < 1.29 is 29.4 Å². The summed E-state index contributed by atoms with van der Waals surface area (Å²) in [4.78, 5) is 53.0. The van der Waals surface area contributed by atoms with Gasteiger partial charge in [-0.3, -0.25) is 19.2 Å². The summed E-state index contributed by atoms with van der Waals surface area (Å²) in [6, 6.07) is 17.1. The van der Waals surface area contributed by atoms with Crippen LogP contribution in [0, 0.1) is 0 Å². The molecule has 0 saturated carbocycles. The smallest absolute Gasteiger partial charge is 0.255 e. The van der Waals surface area contributed by atoms with Gasteiger partial charge in [0.05, 0.1) is 33.6 Å². The molecular weight excluding hydrogens is 531 g/mol. The second-order valence-corrected chi connectivity index (χ2v) is 9.22. The van der Waals surface area contributed by atoms with Crippen LogP contribution in [0.3, 0.4) is 0 Å². The lowest BCUT2D eigenvalue weighted by Gasteiger charge is -2.24. The van der Waals surface area contributed by atoms with E-state index in [4.69, 9.17) is 23.2 Å². The van der Waals surface area contributed by atoms with Gasteiger partial charge in [0.25, 0.3) is 11.8 Å². The Morgan fingerprint density at radius 3 is 1.34 bits per heavy atom. The van der Waals surface area contributed by atoms with E-state index in [-0.39, 0.29) is 44.8 Å². The Hall–Kier alpha value is -4.66. The van der Waals surface area contributed by atoms with Gasteiger partial charge in [-0.25, -0.2) is 0 Å². The van der Waals surface area contributed by atoms with Gasteiger partial charge in [-0.2, -0.15) is 0 Å². The van der Waals surface area contributed by atoms with Crippen LogP contribution in [-0.4, -0.2) is 33.6 Å². The van der Waals surface area contributed by atoms with E-state index in [1.54, 1.807) is 24.3 Å². The number of fused-ring (bicyclic) bond motifs is 2. The molecule has 1 aliphatic rings. The number of amides is 2. The van der Waals surface area contributed by atoms with Crippen LogP contribution in [0.25, 0.3) is 0 Å². The largest absolute Gasteiger partial charge is 0.507 e. The number of phenolic OH excluding ortho intramolecular Hbond substituents is 2. The van der Waals surface area contributed by atoms with Crippen molar-refractivity contribution in [3.8, 4) is 11.5 Å². The molecule has 0 saturated heterocycles. The second-order valence-electron chi connectivity index (χ2n) is 8.35. The van der Waals surface area contributed by atoms with Crippen LogP contribution >= 0.6 is 23.2 Å². The number of benzene rings is 4. The highest BCUT2D eigenvalue weighted by atomic mass is 35.5. The maximum Gasteiger partial charge on any atom is 0.255 e. The van der Waals surface area contributed by atoms with Gasteiger partial charge in [-0.1, -0.05) is 35.3 Å². The Morgan fingerprint density at radius 1 is 0.579 bits per heavy atom. The molecule has 0 aliphatic heterocycles. The summed E-state index contributed by atoms with van der Waals surface area (Å²) in [6.45, 7) is 0. The molecule has 38 heavy (non-hydrogen) atoms. The fraction of sp³-hybridized carbons (Fsp3) is 0. The number of hydrogen-bond acceptors (Lipinski definition) is 6. The zero-order chi connectivity index (χ0) is 27.1. The molecule has 0 spiro atoms. The zero-order valence-corrected chi connectivity index (χ0v) is 20.7. The van der Waals surface area contributed by atoms with Gasteiger partial charge in [0.15, 0.2) is 0 Å². The van der Waals surface area contributed by atoms with Crippen LogP contribution in [0.5, 0.6) is 11.5 Å². The number of anilines is 2. The van der Waals surface area contributed by atoms with Crippen molar-refractivity contribution in [2.24, 2.45) is 0 Å². The Morgan fingerprint density at radius 2 is 0.974 bits per heavy atom. The average molecular weight is 547 g/mol. The fourth-order valence-electron chi connectivity index (χ4n) is 4.22. The SMILES string of the molecule is O=C(Nc1ccc(O)c2c1C(=O)c1c(O)ccc(NC(=O)c3cccc(Cl)c3)c1C2=O)c1cccc(Cl)c1. The predicted octanol–water partition coefficient (Wildman–Crippen LogP) is 5.68. The zero-order valence-electron chi connectivity index (χ0n) is 19.2. The highest BCUT2D eigenvalue weighted by Crippen LogP contribution is 2.42. The molecule has 188 valence electrons. The molecule has 4 aromatic carbocycles. The molecular formula is C28H16Cl2N2O6. The first-order valence-corrected chi connectivity index (χ1v) is 11.9. The van der Waals surface area contributed by atoms with Crippen LogP contribution in [0.15, 0.2) is 72.8 Å². The summed E-state index contributed by atoms with van der Waals surface area (Å²) in [6.07, 6.45) is 0. The van der Waals surface area contributed by atoms with E-state index in [0.717, 1.165) is 12.1 Å². The number of rotatable bonds is 4. The second kappa shape index (κ2) is 9.66. The van der Waals surface area contributed by atoms with Gasteiger partial charge in [0.1, 0.15) is 11.5 Å². The maximum absolute atomic E-state index is 13.6. The van der Waals surface area contributed by atoms with E-state index in [1.807, 2.05) is 0 Å². The Labute approximate surface area is 225 Å².